The molecule has 4 aromatic rings. The standard InChI is InChI=1S/C20H19FN6O2/c1-12-9-27-10-13(8-15(21)19(27)24-12)25-20(28)14-2-3-16(17-18(14)29-11-23-17)26-6-4-22-5-7-26/h2-3,8-11,22H,4-7H2,1H3,(H,25,28). The summed E-state index contributed by atoms with van der Waals surface area (Å²) in [5.41, 5.74) is 3.59. The SMILES string of the molecule is Cc1cn2cc(NC(=O)c3ccc(N4CCNCC4)c4ncoc34)cc(F)c2n1. The minimum Gasteiger partial charge on any atom is -0.443 e. The molecule has 8 nitrogen and oxygen atoms in total. The number of piperazine rings is 1. The number of imidazole rings is 1. The number of pyridine rings is 1. The first-order valence-electron chi connectivity index (χ1n) is 9.38. The van der Waals surface area contributed by atoms with Gasteiger partial charge in [-0.3, -0.25) is 4.79 Å². The minimum atomic E-state index is -0.505. The van der Waals surface area contributed by atoms with E-state index >= 15 is 0 Å². The van der Waals surface area contributed by atoms with E-state index in [-0.39, 0.29) is 5.65 Å². The lowest BCUT2D eigenvalue weighted by atomic mass is 10.1. The normalized spacial score (nSPS) is 14.6. The third-order valence-corrected chi connectivity index (χ3v) is 5.05. The lowest BCUT2D eigenvalue weighted by molar-refractivity contribution is 0.102. The molecule has 148 valence electrons. The first-order chi connectivity index (χ1) is 14.1. The van der Waals surface area contributed by atoms with E-state index in [1.54, 1.807) is 29.8 Å². The molecule has 0 atom stereocenters. The fourth-order valence-electron chi connectivity index (χ4n) is 3.72. The summed E-state index contributed by atoms with van der Waals surface area (Å²) in [6, 6.07) is 4.86. The summed E-state index contributed by atoms with van der Waals surface area (Å²) in [5.74, 6) is -0.899. The number of rotatable bonds is 3. The molecule has 1 aliphatic heterocycles. The molecule has 0 saturated carbocycles. The molecule has 0 bridgehead atoms. The number of carbonyl (C=O) groups excluding carboxylic acids is 1. The van der Waals surface area contributed by atoms with Crippen LogP contribution in [-0.2, 0) is 0 Å². The number of halogens is 1. The van der Waals surface area contributed by atoms with Crippen LogP contribution in [0.15, 0.2) is 41.4 Å². The predicted octanol–water partition coefficient (Wildman–Crippen LogP) is 2.58. The van der Waals surface area contributed by atoms with Gasteiger partial charge in [0.15, 0.2) is 23.4 Å². The monoisotopic (exact) mass is 394 g/mol. The molecule has 3 aromatic heterocycles. The van der Waals surface area contributed by atoms with E-state index < -0.39 is 11.7 Å². The fourth-order valence-corrected chi connectivity index (χ4v) is 3.72. The maximum Gasteiger partial charge on any atom is 0.259 e. The molecule has 1 aliphatic rings. The number of fused-ring (bicyclic) bond motifs is 2. The van der Waals surface area contributed by atoms with Gasteiger partial charge in [0, 0.05) is 44.6 Å². The van der Waals surface area contributed by atoms with Crippen molar-refractivity contribution in [2.45, 2.75) is 6.92 Å². The second-order valence-corrected chi connectivity index (χ2v) is 7.04. The summed E-state index contributed by atoms with van der Waals surface area (Å²) < 4.78 is 21.4. The van der Waals surface area contributed by atoms with Gasteiger partial charge >= 0.3 is 0 Å². The van der Waals surface area contributed by atoms with E-state index in [2.05, 4.69) is 25.5 Å². The fraction of sp³-hybridized carbons (Fsp3) is 0.250. The van der Waals surface area contributed by atoms with Gasteiger partial charge in [0.2, 0.25) is 0 Å². The van der Waals surface area contributed by atoms with E-state index in [0.29, 0.717) is 28.0 Å². The maximum absolute atomic E-state index is 14.3. The highest BCUT2D eigenvalue weighted by molar-refractivity contribution is 6.12. The molecule has 1 fully saturated rings. The molecule has 0 spiro atoms. The maximum atomic E-state index is 14.3. The third-order valence-electron chi connectivity index (χ3n) is 5.05. The van der Waals surface area contributed by atoms with Crippen LogP contribution in [0.1, 0.15) is 16.1 Å². The third kappa shape index (κ3) is 3.09. The van der Waals surface area contributed by atoms with Crippen molar-refractivity contribution in [2.24, 2.45) is 0 Å². The summed E-state index contributed by atoms with van der Waals surface area (Å²) in [6.07, 6.45) is 4.67. The van der Waals surface area contributed by atoms with Gasteiger partial charge in [-0.25, -0.2) is 14.4 Å². The van der Waals surface area contributed by atoms with Crippen molar-refractivity contribution in [3.05, 3.63) is 54.1 Å². The van der Waals surface area contributed by atoms with Crippen molar-refractivity contribution in [2.75, 3.05) is 36.4 Å². The van der Waals surface area contributed by atoms with Crippen molar-refractivity contribution >= 4 is 34.0 Å². The number of oxazole rings is 1. The molecule has 9 heteroatoms. The zero-order valence-electron chi connectivity index (χ0n) is 15.8. The Morgan fingerprint density at radius 2 is 2.10 bits per heavy atom. The summed E-state index contributed by atoms with van der Waals surface area (Å²) in [4.78, 5) is 23.6. The van der Waals surface area contributed by atoms with Crippen molar-refractivity contribution in [3.63, 3.8) is 0 Å². The lowest BCUT2D eigenvalue weighted by Crippen LogP contribution is -2.43. The molecular formula is C20H19FN6O2. The summed E-state index contributed by atoms with van der Waals surface area (Å²) in [5, 5.41) is 6.06. The Morgan fingerprint density at radius 3 is 2.93 bits per heavy atom. The molecule has 0 unspecified atom stereocenters. The topological polar surface area (TPSA) is 87.7 Å². The van der Waals surface area contributed by atoms with Crippen LogP contribution in [0.25, 0.3) is 16.7 Å². The Balaban J connectivity index is 1.48. The highest BCUT2D eigenvalue weighted by atomic mass is 19.1. The van der Waals surface area contributed by atoms with Gasteiger partial charge in [0.25, 0.3) is 5.91 Å². The highest BCUT2D eigenvalue weighted by Crippen LogP contribution is 2.29. The van der Waals surface area contributed by atoms with E-state index in [9.17, 15) is 9.18 Å². The van der Waals surface area contributed by atoms with Gasteiger partial charge in [0.05, 0.1) is 22.6 Å². The van der Waals surface area contributed by atoms with Crippen LogP contribution in [0, 0.1) is 12.7 Å². The number of nitrogens with one attached hydrogen (secondary N) is 2. The van der Waals surface area contributed by atoms with Crippen molar-refractivity contribution in [3.8, 4) is 0 Å². The summed E-state index contributed by atoms with van der Waals surface area (Å²) in [6.45, 7) is 5.28. The number of carbonyl (C=O) groups is 1. The van der Waals surface area contributed by atoms with Gasteiger partial charge in [-0.1, -0.05) is 0 Å². The smallest absolute Gasteiger partial charge is 0.259 e. The zero-order chi connectivity index (χ0) is 20.0. The van der Waals surface area contributed by atoms with Gasteiger partial charge < -0.3 is 24.4 Å². The molecular weight excluding hydrogens is 375 g/mol. The molecule has 1 saturated heterocycles. The number of hydrogen-bond acceptors (Lipinski definition) is 6. The minimum absolute atomic E-state index is 0.221. The molecule has 2 N–H and O–H groups in total. The van der Waals surface area contributed by atoms with Gasteiger partial charge in [-0.2, -0.15) is 0 Å². The number of benzene rings is 1. The number of anilines is 2. The van der Waals surface area contributed by atoms with Crippen molar-refractivity contribution in [1.29, 1.82) is 0 Å². The van der Waals surface area contributed by atoms with Crippen LogP contribution >= 0.6 is 0 Å². The second kappa shape index (κ2) is 6.85. The van der Waals surface area contributed by atoms with E-state index in [0.717, 1.165) is 31.9 Å². The Bertz CT molecular complexity index is 1220. The Kier molecular flexibility index (Phi) is 4.17. The number of aromatic nitrogens is 3. The van der Waals surface area contributed by atoms with Crippen LogP contribution < -0.4 is 15.5 Å². The Labute approximate surface area is 165 Å². The molecule has 0 radical (unpaired) electrons. The quantitative estimate of drug-likeness (QED) is 0.555. The first kappa shape index (κ1) is 17.6. The molecule has 29 heavy (non-hydrogen) atoms. The highest BCUT2D eigenvalue weighted by Gasteiger charge is 2.21. The summed E-state index contributed by atoms with van der Waals surface area (Å²) >= 11 is 0. The van der Waals surface area contributed by atoms with Crippen LogP contribution in [0.4, 0.5) is 15.8 Å². The number of hydrogen-bond donors (Lipinski definition) is 2. The van der Waals surface area contributed by atoms with Crippen LogP contribution in [0.5, 0.6) is 0 Å². The zero-order valence-corrected chi connectivity index (χ0v) is 15.8. The van der Waals surface area contributed by atoms with Gasteiger partial charge in [0.1, 0.15) is 5.52 Å². The summed E-state index contributed by atoms with van der Waals surface area (Å²) in [7, 11) is 0. The average molecular weight is 394 g/mol. The van der Waals surface area contributed by atoms with Crippen LogP contribution in [-0.4, -0.2) is 46.5 Å². The van der Waals surface area contributed by atoms with Gasteiger partial charge in [-0.05, 0) is 19.1 Å². The second-order valence-electron chi connectivity index (χ2n) is 7.04. The largest absolute Gasteiger partial charge is 0.443 e. The number of nitrogens with zero attached hydrogens (tertiary/aromatic N) is 4. The predicted molar refractivity (Wildman–Crippen MR) is 107 cm³/mol. The first-order valence-corrected chi connectivity index (χ1v) is 9.38. The lowest BCUT2D eigenvalue weighted by Gasteiger charge is -2.29. The number of aryl methyl sites for hydroxylation is 1. The van der Waals surface area contributed by atoms with Crippen molar-refractivity contribution < 1.29 is 13.6 Å². The Hall–Kier alpha value is -3.46. The molecule has 1 aromatic carbocycles. The number of amides is 1. The molecule has 1 amide bonds. The molecule has 4 heterocycles. The average Bonchev–Trinajstić information content (AvgIpc) is 3.34. The Morgan fingerprint density at radius 1 is 1.28 bits per heavy atom. The van der Waals surface area contributed by atoms with E-state index in [4.69, 9.17) is 4.42 Å². The molecule has 5 rings (SSSR count). The van der Waals surface area contributed by atoms with Crippen molar-refractivity contribution in [1.82, 2.24) is 19.7 Å². The molecule has 0 aliphatic carbocycles. The van der Waals surface area contributed by atoms with E-state index in [1.165, 1.54) is 12.5 Å². The van der Waals surface area contributed by atoms with Gasteiger partial charge in [-0.15, -0.1) is 0 Å². The van der Waals surface area contributed by atoms with Crippen LogP contribution in [0.2, 0.25) is 0 Å². The van der Waals surface area contributed by atoms with Crippen LogP contribution in [0.3, 0.4) is 0 Å². The van der Waals surface area contributed by atoms with E-state index in [1.807, 2.05) is 6.07 Å².